The number of nitrogens with zero attached hydrogens (tertiary/aromatic N) is 1. The van der Waals surface area contributed by atoms with Crippen LogP contribution in [0.25, 0.3) is 0 Å². The number of hydrogen-bond acceptors (Lipinski definition) is 5. The van der Waals surface area contributed by atoms with Crippen LogP contribution < -0.4 is 5.32 Å². The van der Waals surface area contributed by atoms with E-state index in [2.05, 4.69) is 5.32 Å². The quantitative estimate of drug-likeness (QED) is 0.588. The third-order valence-electron chi connectivity index (χ3n) is 4.33. The van der Waals surface area contributed by atoms with E-state index in [0.29, 0.717) is 23.4 Å². The van der Waals surface area contributed by atoms with E-state index in [0.717, 1.165) is 10.5 Å². The van der Waals surface area contributed by atoms with Crippen molar-refractivity contribution < 1.29 is 23.9 Å². The first-order chi connectivity index (χ1) is 13.5. The predicted molar refractivity (Wildman–Crippen MR) is 102 cm³/mol. The fourth-order valence-electron chi connectivity index (χ4n) is 2.96. The lowest BCUT2D eigenvalue weighted by Crippen LogP contribution is -2.32. The number of rotatable bonds is 7. The highest BCUT2D eigenvalue weighted by molar-refractivity contribution is 6.21. The second-order valence-electron chi connectivity index (χ2n) is 6.28. The zero-order chi connectivity index (χ0) is 20.1. The van der Waals surface area contributed by atoms with Gasteiger partial charge >= 0.3 is 5.97 Å². The lowest BCUT2D eigenvalue weighted by molar-refractivity contribution is -0.142. The minimum Gasteiger partial charge on any atom is -0.466 e. The molecule has 7 heteroatoms. The molecule has 1 heterocycles. The number of hydrogen-bond donors (Lipinski definition) is 1. The molecule has 0 atom stereocenters. The molecule has 0 fully saturated rings. The molecular weight excluding hydrogens is 360 g/mol. The maximum absolute atomic E-state index is 12.3. The number of carbonyl (C=O) groups excluding carboxylic acids is 4. The summed E-state index contributed by atoms with van der Waals surface area (Å²) in [6, 6.07) is 13.5. The van der Waals surface area contributed by atoms with Crippen LogP contribution in [0.2, 0.25) is 0 Å². The zero-order valence-corrected chi connectivity index (χ0v) is 15.4. The van der Waals surface area contributed by atoms with Gasteiger partial charge in [0, 0.05) is 18.7 Å². The minimum absolute atomic E-state index is 0.00392. The molecule has 0 radical (unpaired) electrons. The van der Waals surface area contributed by atoms with Crippen LogP contribution in [-0.2, 0) is 20.7 Å². The number of carbonyl (C=O) groups is 4. The Morgan fingerprint density at radius 1 is 0.964 bits per heavy atom. The van der Waals surface area contributed by atoms with E-state index >= 15 is 0 Å². The van der Waals surface area contributed by atoms with Crippen molar-refractivity contribution in [3.63, 3.8) is 0 Å². The van der Waals surface area contributed by atoms with E-state index in [9.17, 15) is 19.2 Å². The molecule has 2 aromatic rings. The average molecular weight is 380 g/mol. The van der Waals surface area contributed by atoms with E-state index in [1.54, 1.807) is 55.5 Å². The van der Waals surface area contributed by atoms with Gasteiger partial charge in [-0.1, -0.05) is 24.3 Å². The van der Waals surface area contributed by atoms with E-state index in [1.165, 1.54) is 0 Å². The van der Waals surface area contributed by atoms with Crippen LogP contribution in [0.5, 0.6) is 0 Å². The Morgan fingerprint density at radius 2 is 1.57 bits per heavy atom. The van der Waals surface area contributed by atoms with Gasteiger partial charge in [-0.3, -0.25) is 24.1 Å². The van der Waals surface area contributed by atoms with Crippen molar-refractivity contribution in [2.75, 3.05) is 18.5 Å². The Labute approximate surface area is 162 Å². The summed E-state index contributed by atoms with van der Waals surface area (Å²) in [5, 5.41) is 2.72. The average Bonchev–Trinajstić information content (AvgIpc) is 2.93. The summed E-state index contributed by atoms with van der Waals surface area (Å²) in [5.41, 5.74) is 2.08. The van der Waals surface area contributed by atoms with Gasteiger partial charge in [0.25, 0.3) is 11.8 Å². The highest BCUT2D eigenvalue weighted by atomic mass is 16.5. The SMILES string of the molecule is CCOC(=O)Cc1ccc(NC(=O)CCN2C(=O)c3ccccc3C2=O)cc1. The fourth-order valence-corrected chi connectivity index (χ4v) is 2.96. The smallest absolute Gasteiger partial charge is 0.310 e. The molecule has 0 aromatic heterocycles. The minimum atomic E-state index is -0.378. The first-order valence-corrected chi connectivity index (χ1v) is 8.99. The molecule has 7 nitrogen and oxygen atoms in total. The molecule has 0 saturated carbocycles. The van der Waals surface area contributed by atoms with Gasteiger partial charge in [-0.25, -0.2) is 0 Å². The molecule has 28 heavy (non-hydrogen) atoms. The lowest BCUT2D eigenvalue weighted by Gasteiger charge is -2.13. The molecule has 1 N–H and O–H groups in total. The molecule has 0 aliphatic carbocycles. The second-order valence-corrected chi connectivity index (χ2v) is 6.28. The van der Waals surface area contributed by atoms with Crippen LogP contribution in [0, 0.1) is 0 Å². The number of nitrogens with one attached hydrogen (secondary N) is 1. The van der Waals surface area contributed by atoms with Crippen LogP contribution in [-0.4, -0.2) is 41.7 Å². The lowest BCUT2D eigenvalue weighted by atomic mass is 10.1. The number of imide groups is 1. The van der Waals surface area contributed by atoms with E-state index < -0.39 is 0 Å². The summed E-state index contributed by atoms with van der Waals surface area (Å²) in [4.78, 5) is 49.3. The molecule has 3 rings (SSSR count). The van der Waals surface area contributed by atoms with Gasteiger partial charge in [-0.15, -0.1) is 0 Å². The Balaban J connectivity index is 1.52. The van der Waals surface area contributed by atoms with Crippen molar-refractivity contribution in [1.82, 2.24) is 4.90 Å². The number of anilines is 1. The molecule has 1 aliphatic heterocycles. The third kappa shape index (κ3) is 4.25. The Bertz CT molecular complexity index is 886. The van der Waals surface area contributed by atoms with Gasteiger partial charge in [0.05, 0.1) is 24.2 Å². The second kappa shape index (κ2) is 8.47. The molecule has 0 bridgehead atoms. The predicted octanol–water partition coefficient (Wildman–Crippen LogP) is 2.42. The summed E-state index contributed by atoms with van der Waals surface area (Å²) >= 11 is 0. The Kier molecular flexibility index (Phi) is 5.84. The number of esters is 1. The molecular formula is C21H20N2O5. The fraction of sp³-hybridized carbons (Fsp3) is 0.238. The van der Waals surface area contributed by atoms with E-state index in [-0.39, 0.29) is 43.1 Å². The topological polar surface area (TPSA) is 92.8 Å². The molecule has 2 aromatic carbocycles. The van der Waals surface area contributed by atoms with Gasteiger partial charge in [0.1, 0.15) is 0 Å². The zero-order valence-electron chi connectivity index (χ0n) is 15.4. The number of fused-ring (bicyclic) bond motifs is 1. The van der Waals surface area contributed by atoms with Crippen LogP contribution in [0.15, 0.2) is 48.5 Å². The molecule has 0 spiro atoms. The van der Waals surface area contributed by atoms with E-state index in [4.69, 9.17) is 4.74 Å². The van der Waals surface area contributed by atoms with Gasteiger partial charge in [-0.2, -0.15) is 0 Å². The molecule has 0 saturated heterocycles. The standard InChI is InChI=1S/C21H20N2O5/c1-2-28-19(25)13-14-7-9-15(10-8-14)22-18(24)11-12-23-20(26)16-5-3-4-6-17(16)21(23)27/h3-10H,2,11-13H2,1H3,(H,22,24). The summed E-state index contributed by atoms with van der Waals surface area (Å²) in [5.74, 6) is -1.37. The summed E-state index contributed by atoms with van der Waals surface area (Å²) in [6.45, 7) is 2.09. The van der Waals surface area contributed by atoms with Crippen LogP contribution in [0.4, 0.5) is 5.69 Å². The monoisotopic (exact) mass is 380 g/mol. The van der Waals surface area contributed by atoms with Crippen molar-refractivity contribution in [3.8, 4) is 0 Å². The highest BCUT2D eigenvalue weighted by Crippen LogP contribution is 2.22. The van der Waals surface area contributed by atoms with Crippen molar-refractivity contribution >= 4 is 29.4 Å². The van der Waals surface area contributed by atoms with Gasteiger partial charge < -0.3 is 10.1 Å². The van der Waals surface area contributed by atoms with Crippen molar-refractivity contribution in [2.45, 2.75) is 19.8 Å². The first-order valence-electron chi connectivity index (χ1n) is 8.99. The van der Waals surface area contributed by atoms with Crippen molar-refractivity contribution in [2.24, 2.45) is 0 Å². The molecule has 1 aliphatic rings. The first kappa shape index (κ1) is 19.3. The summed E-state index contributed by atoms with van der Waals surface area (Å²) in [6.07, 6.45) is 0.165. The largest absolute Gasteiger partial charge is 0.466 e. The third-order valence-corrected chi connectivity index (χ3v) is 4.33. The Morgan fingerprint density at radius 3 is 2.14 bits per heavy atom. The highest BCUT2D eigenvalue weighted by Gasteiger charge is 2.34. The summed E-state index contributed by atoms with van der Waals surface area (Å²) < 4.78 is 4.89. The van der Waals surface area contributed by atoms with Crippen LogP contribution in [0.1, 0.15) is 39.6 Å². The Hall–Kier alpha value is -3.48. The molecule has 3 amide bonds. The van der Waals surface area contributed by atoms with Crippen LogP contribution in [0.3, 0.4) is 0 Å². The van der Waals surface area contributed by atoms with Gasteiger partial charge in [0.15, 0.2) is 0 Å². The maximum Gasteiger partial charge on any atom is 0.310 e. The van der Waals surface area contributed by atoms with Crippen molar-refractivity contribution in [1.29, 1.82) is 0 Å². The van der Waals surface area contributed by atoms with Gasteiger partial charge in [0.2, 0.25) is 5.91 Å². The number of ether oxygens (including phenoxy) is 1. The van der Waals surface area contributed by atoms with Crippen molar-refractivity contribution in [3.05, 3.63) is 65.2 Å². The molecule has 144 valence electrons. The number of amides is 3. The van der Waals surface area contributed by atoms with Gasteiger partial charge in [-0.05, 0) is 36.8 Å². The van der Waals surface area contributed by atoms with E-state index in [1.807, 2.05) is 0 Å². The van der Waals surface area contributed by atoms with Crippen LogP contribution >= 0.6 is 0 Å². The normalized spacial score (nSPS) is 12.7. The maximum atomic E-state index is 12.3. The molecule has 0 unspecified atom stereocenters. The summed E-state index contributed by atoms with van der Waals surface area (Å²) in [7, 11) is 0. The number of benzene rings is 2.